The van der Waals surface area contributed by atoms with Gasteiger partial charge in [-0.05, 0) is 25.2 Å². The van der Waals surface area contributed by atoms with Crippen LogP contribution in [0.2, 0.25) is 0 Å². The van der Waals surface area contributed by atoms with E-state index < -0.39 is 0 Å². The fraction of sp³-hybridized carbons (Fsp3) is 1.00. The summed E-state index contributed by atoms with van der Waals surface area (Å²) in [5.74, 6) is 0.630. The summed E-state index contributed by atoms with van der Waals surface area (Å²) in [7, 11) is 0. The second-order valence-corrected chi connectivity index (χ2v) is 4.81. The Labute approximate surface area is 88.9 Å². The van der Waals surface area contributed by atoms with Crippen molar-refractivity contribution in [3.8, 4) is 0 Å². The molecule has 0 amide bonds. The molecule has 1 nitrogen and oxygen atoms in total. The van der Waals surface area contributed by atoms with Gasteiger partial charge in [0.1, 0.15) is 0 Å². The Bertz CT molecular complexity index is 133. The topological polar surface area (TPSA) is 20.2 Å². The van der Waals surface area contributed by atoms with E-state index in [4.69, 9.17) is 0 Å². The second-order valence-electron chi connectivity index (χ2n) is 4.81. The van der Waals surface area contributed by atoms with Crippen molar-refractivity contribution in [2.75, 3.05) is 0 Å². The first-order chi connectivity index (χ1) is 6.84. The Morgan fingerprint density at radius 2 is 1.71 bits per heavy atom. The molecule has 1 fully saturated rings. The van der Waals surface area contributed by atoms with Crippen LogP contribution in [-0.4, -0.2) is 11.2 Å². The van der Waals surface area contributed by atoms with Crippen molar-refractivity contribution in [1.29, 1.82) is 0 Å². The highest BCUT2D eigenvalue weighted by Gasteiger charge is 2.21. The molecule has 1 N–H and O–H groups in total. The van der Waals surface area contributed by atoms with Gasteiger partial charge in [0.05, 0.1) is 6.10 Å². The Balaban J connectivity index is 1.99. The third kappa shape index (κ3) is 4.45. The van der Waals surface area contributed by atoms with E-state index in [0.717, 1.165) is 6.42 Å². The van der Waals surface area contributed by atoms with Gasteiger partial charge in [0.15, 0.2) is 0 Å². The van der Waals surface area contributed by atoms with Crippen LogP contribution in [0, 0.1) is 5.92 Å². The summed E-state index contributed by atoms with van der Waals surface area (Å²) in [5, 5.41) is 9.77. The van der Waals surface area contributed by atoms with Crippen molar-refractivity contribution in [3.05, 3.63) is 0 Å². The summed E-state index contributed by atoms with van der Waals surface area (Å²) in [4.78, 5) is 0. The van der Waals surface area contributed by atoms with Gasteiger partial charge in [-0.15, -0.1) is 0 Å². The van der Waals surface area contributed by atoms with Crippen LogP contribution in [0.4, 0.5) is 0 Å². The van der Waals surface area contributed by atoms with Gasteiger partial charge in [-0.25, -0.2) is 0 Å². The van der Waals surface area contributed by atoms with Crippen LogP contribution in [0.5, 0.6) is 0 Å². The molecule has 0 aromatic heterocycles. The molecule has 0 aliphatic heterocycles. The summed E-state index contributed by atoms with van der Waals surface area (Å²) in [5.41, 5.74) is 0. The van der Waals surface area contributed by atoms with Crippen LogP contribution in [0.25, 0.3) is 0 Å². The van der Waals surface area contributed by atoms with E-state index in [0.29, 0.717) is 5.92 Å². The molecule has 0 radical (unpaired) electrons. The maximum Gasteiger partial charge on any atom is 0.0568 e. The molecule has 0 saturated heterocycles. The van der Waals surface area contributed by atoms with E-state index in [1.807, 2.05) is 0 Å². The van der Waals surface area contributed by atoms with Crippen LogP contribution in [-0.2, 0) is 0 Å². The van der Waals surface area contributed by atoms with Crippen LogP contribution in [0.1, 0.15) is 71.1 Å². The maximum atomic E-state index is 9.77. The number of rotatable bonds is 6. The van der Waals surface area contributed by atoms with Gasteiger partial charge in [-0.1, -0.05) is 51.9 Å². The van der Waals surface area contributed by atoms with Gasteiger partial charge in [-0.2, -0.15) is 0 Å². The molecule has 0 aromatic carbocycles. The molecule has 14 heavy (non-hydrogen) atoms. The Kier molecular flexibility index (Phi) is 6.25. The van der Waals surface area contributed by atoms with Crippen LogP contribution in [0.3, 0.4) is 0 Å². The largest absolute Gasteiger partial charge is 0.393 e. The SMILES string of the molecule is CCCCCCCC1CCCCC1O. The fourth-order valence-electron chi connectivity index (χ4n) is 2.53. The standard InChI is InChI=1S/C13H26O/c1-2-3-4-5-6-9-12-10-7-8-11-13(12)14/h12-14H,2-11H2,1H3. The first-order valence-corrected chi connectivity index (χ1v) is 6.52. The molecule has 1 aliphatic rings. The third-order valence-electron chi connectivity index (χ3n) is 3.55. The Morgan fingerprint density at radius 3 is 2.43 bits per heavy atom. The number of unbranched alkanes of at least 4 members (excludes halogenated alkanes) is 4. The highest BCUT2D eigenvalue weighted by atomic mass is 16.3. The van der Waals surface area contributed by atoms with E-state index in [1.54, 1.807) is 0 Å². The molecular weight excluding hydrogens is 172 g/mol. The normalized spacial score (nSPS) is 27.9. The number of aliphatic hydroxyl groups is 1. The molecule has 1 aliphatic carbocycles. The molecule has 0 aromatic rings. The van der Waals surface area contributed by atoms with Crippen molar-refractivity contribution in [1.82, 2.24) is 0 Å². The molecule has 0 heterocycles. The van der Waals surface area contributed by atoms with Crippen molar-refractivity contribution >= 4 is 0 Å². The molecule has 84 valence electrons. The molecule has 0 bridgehead atoms. The summed E-state index contributed by atoms with van der Waals surface area (Å²) in [6.07, 6.45) is 13.0. The summed E-state index contributed by atoms with van der Waals surface area (Å²) >= 11 is 0. The summed E-state index contributed by atoms with van der Waals surface area (Å²) < 4.78 is 0. The second kappa shape index (κ2) is 7.28. The quantitative estimate of drug-likeness (QED) is 0.642. The van der Waals surface area contributed by atoms with E-state index in [-0.39, 0.29) is 6.10 Å². The smallest absolute Gasteiger partial charge is 0.0568 e. The minimum atomic E-state index is 0.0231. The number of hydrogen-bond acceptors (Lipinski definition) is 1. The van der Waals surface area contributed by atoms with Gasteiger partial charge >= 0.3 is 0 Å². The first kappa shape index (κ1) is 12.0. The van der Waals surface area contributed by atoms with Gasteiger partial charge in [-0.3, -0.25) is 0 Å². The molecule has 1 heteroatoms. The zero-order valence-corrected chi connectivity index (χ0v) is 9.67. The van der Waals surface area contributed by atoms with Gasteiger partial charge < -0.3 is 5.11 Å². The van der Waals surface area contributed by atoms with Crippen molar-refractivity contribution < 1.29 is 5.11 Å². The zero-order valence-electron chi connectivity index (χ0n) is 9.67. The highest BCUT2D eigenvalue weighted by molar-refractivity contribution is 4.74. The highest BCUT2D eigenvalue weighted by Crippen LogP contribution is 2.28. The summed E-state index contributed by atoms with van der Waals surface area (Å²) in [6, 6.07) is 0. The van der Waals surface area contributed by atoms with E-state index >= 15 is 0 Å². The predicted octanol–water partition coefficient (Wildman–Crippen LogP) is 3.90. The molecule has 2 atom stereocenters. The van der Waals surface area contributed by atoms with Crippen molar-refractivity contribution in [2.45, 2.75) is 77.2 Å². The van der Waals surface area contributed by atoms with E-state index in [1.165, 1.54) is 57.8 Å². The number of hydrogen-bond donors (Lipinski definition) is 1. The lowest BCUT2D eigenvalue weighted by Crippen LogP contribution is -2.24. The van der Waals surface area contributed by atoms with Gasteiger partial charge in [0.2, 0.25) is 0 Å². The van der Waals surface area contributed by atoms with Crippen LogP contribution >= 0.6 is 0 Å². The third-order valence-corrected chi connectivity index (χ3v) is 3.55. The lowest BCUT2D eigenvalue weighted by atomic mass is 9.83. The van der Waals surface area contributed by atoms with Gasteiger partial charge in [0.25, 0.3) is 0 Å². The van der Waals surface area contributed by atoms with Crippen molar-refractivity contribution in [2.24, 2.45) is 5.92 Å². The lowest BCUT2D eigenvalue weighted by molar-refractivity contribution is 0.0639. The minimum absolute atomic E-state index is 0.0231. The zero-order chi connectivity index (χ0) is 10.2. The minimum Gasteiger partial charge on any atom is -0.393 e. The Hall–Kier alpha value is -0.0400. The average molecular weight is 198 g/mol. The number of aliphatic hydroxyl groups excluding tert-OH is 1. The average Bonchev–Trinajstić information content (AvgIpc) is 2.20. The fourth-order valence-corrected chi connectivity index (χ4v) is 2.53. The predicted molar refractivity (Wildman–Crippen MR) is 61.3 cm³/mol. The monoisotopic (exact) mass is 198 g/mol. The lowest BCUT2D eigenvalue weighted by Gasteiger charge is -2.27. The van der Waals surface area contributed by atoms with Crippen LogP contribution in [0.15, 0.2) is 0 Å². The van der Waals surface area contributed by atoms with E-state index in [9.17, 15) is 5.11 Å². The van der Waals surface area contributed by atoms with E-state index in [2.05, 4.69) is 6.92 Å². The molecule has 0 spiro atoms. The molecule has 2 unspecified atom stereocenters. The van der Waals surface area contributed by atoms with Crippen molar-refractivity contribution in [3.63, 3.8) is 0 Å². The summed E-state index contributed by atoms with van der Waals surface area (Å²) in [6.45, 7) is 2.25. The Morgan fingerprint density at radius 1 is 1.00 bits per heavy atom. The molecular formula is C13H26O. The maximum absolute atomic E-state index is 9.77. The molecule has 1 saturated carbocycles. The van der Waals surface area contributed by atoms with Gasteiger partial charge in [0, 0.05) is 0 Å². The molecule has 1 rings (SSSR count). The van der Waals surface area contributed by atoms with Crippen LogP contribution < -0.4 is 0 Å². The first-order valence-electron chi connectivity index (χ1n) is 6.52.